The number of hydrogen-bond donors (Lipinski definition) is 1. The molecule has 0 unspecified atom stereocenters. The molecular formula is C25H24N2O3S. The number of nitrogens with one attached hydrogen (secondary N) is 1. The summed E-state index contributed by atoms with van der Waals surface area (Å²) in [7, 11) is -3.83. The Labute approximate surface area is 182 Å². The Morgan fingerprint density at radius 2 is 1.81 bits per heavy atom. The molecule has 5 rings (SSSR count). The van der Waals surface area contributed by atoms with Gasteiger partial charge in [-0.1, -0.05) is 54.1 Å². The van der Waals surface area contributed by atoms with E-state index in [0.717, 1.165) is 36.0 Å². The lowest BCUT2D eigenvalue weighted by Crippen LogP contribution is -2.43. The highest BCUT2D eigenvalue weighted by Crippen LogP contribution is 2.43. The molecule has 1 N–H and O–H groups in total. The van der Waals surface area contributed by atoms with Crippen molar-refractivity contribution < 1.29 is 13.2 Å². The summed E-state index contributed by atoms with van der Waals surface area (Å²) in [5.74, 6) is -0.295. The van der Waals surface area contributed by atoms with Gasteiger partial charge in [0.2, 0.25) is 5.91 Å². The highest BCUT2D eigenvalue weighted by Gasteiger charge is 2.36. The van der Waals surface area contributed by atoms with E-state index in [4.69, 9.17) is 0 Å². The van der Waals surface area contributed by atoms with Crippen LogP contribution < -0.4 is 9.62 Å². The van der Waals surface area contributed by atoms with Gasteiger partial charge in [0.25, 0.3) is 10.0 Å². The molecule has 1 aliphatic carbocycles. The first-order valence-electron chi connectivity index (χ1n) is 10.5. The maximum Gasteiger partial charge on any atom is 0.265 e. The molecule has 1 atom stereocenters. The Bertz CT molecular complexity index is 1280. The summed E-state index contributed by atoms with van der Waals surface area (Å²) < 4.78 is 28.1. The minimum absolute atomic E-state index is 0.0882. The summed E-state index contributed by atoms with van der Waals surface area (Å²) in [6.45, 7) is 1.73. The van der Waals surface area contributed by atoms with Crippen molar-refractivity contribution in [3.05, 3.63) is 83.4 Å². The summed E-state index contributed by atoms with van der Waals surface area (Å²) in [5.41, 5.74) is 5.48. The fourth-order valence-electron chi connectivity index (χ4n) is 4.69. The second kappa shape index (κ2) is 7.54. The number of anilines is 1. The van der Waals surface area contributed by atoms with Gasteiger partial charge in [-0.05, 0) is 55.5 Å². The number of amides is 1. The normalized spacial score (nSPS) is 18.5. The molecule has 0 bridgehead atoms. The van der Waals surface area contributed by atoms with Crippen molar-refractivity contribution in [2.45, 2.75) is 37.1 Å². The Morgan fingerprint density at radius 3 is 2.68 bits per heavy atom. The first kappa shape index (κ1) is 19.8. The van der Waals surface area contributed by atoms with Gasteiger partial charge in [-0.2, -0.15) is 0 Å². The quantitative estimate of drug-likeness (QED) is 0.669. The standard InChI is InChI=1S/C25H24N2O3S/c1-17-13-14-23-21(15-17)20-10-4-5-12-24(20)31(29,30)27(23)16-25(28)26-22-11-6-8-18-7-2-3-9-19(18)22/h2-5,7,9-10,12-15,22H,6,8,11,16H2,1H3,(H,26,28)/t22-/m1/s1. The number of sulfonamides is 1. The first-order chi connectivity index (χ1) is 14.9. The van der Waals surface area contributed by atoms with E-state index >= 15 is 0 Å². The zero-order valence-electron chi connectivity index (χ0n) is 17.3. The van der Waals surface area contributed by atoms with E-state index in [-0.39, 0.29) is 23.4 Å². The van der Waals surface area contributed by atoms with Crippen LogP contribution in [-0.2, 0) is 21.2 Å². The molecule has 5 nitrogen and oxygen atoms in total. The number of carbonyl (C=O) groups excluding carboxylic acids is 1. The summed E-state index contributed by atoms with van der Waals surface area (Å²) in [6, 6.07) is 20.7. The predicted octanol–water partition coefficient (Wildman–Crippen LogP) is 4.36. The average Bonchev–Trinajstić information content (AvgIpc) is 2.77. The van der Waals surface area contributed by atoms with Crippen molar-refractivity contribution in [1.29, 1.82) is 0 Å². The zero-order valence-corrected chi connectivity index (χ0v) is 18.2. The number of hydrogen-bond acceptors (Lipinski definition) is 3. The van der Waals surface area contributed by atoms with Crippen molar-refractivity contribution in [2.75, 3.05) is 10.8 Å². The number of aryl methyl sites for hydroxylation is 2. The third kappa shape index (κ3) is 3.41. The van der Waals surface area contributed by atoms with E-state index in [1.807, 2.05) is 49.4 Å². The van der Waals surface area contributed by atoms with Gasteiger partial charge in [0.1, 0.15) is 6.54 Å². The minimum Gasteiger partial charge on any atom is -0.348 e. The molecule has 0 fully saturated rings. The van der Waals surface area contributed by atoms with Gasteiger partial charge >= 0.3 is 0 Å². The van der Waals surface area contributed by atoms with Crippen molar-refractivity contribution in [3.63, 3.8) is 0 Å². The molecule has 1 aliphatic heterocycles. The molecule has 0 saturated carbocycles. The monoisotopic (exact) mass is 432 g/mol. The molecule has 3 aromatic carbocycles. The van der Waals surface area contributed by atoms with Crippen LogP contribution in [0.4, 0.5) is 5.69 Å². The fourth-order valence-corrected chi connectivity index (χ4v) is 6.34. The van der Waals surface area contributed by atoms with Gasteiger partial charge < -0.3 is 5.32 Å². The van der Waals surface area contributed by atoms with E-state index in [1.165, 1.54) is 9.87 Å². The third-order valence-electron chi connectivity index (χ3n) is 6.16. The SMILES string of the molecule is Cc1ccc2c(c1)-c1ccccc1S(=O)(=O)N2CC(=O)N[C@@H]1CCCc2ccccc21. The second-order valence-electron chi connectivity index (χ2n) is 8.24. The molecule has 1 heterocycles. The van der Waals surface area contributed by atoms with Crippen LogP contribution in [0.3, 0.4) is 0 Å². The van der Waals surface area contributed by atoms with Crippen LogP contribution in [0.5, 0.6) is 0 Å². The number of benzene rings is 3. The fraction of sp³-hybridized carbons (Fsp3) is 0.240. The largest absolute Gasteiger partial charge is 0.348 e. The molecule has 2 aliphatic rings. The third-order valence-corrected chi connectivity index (χ3v) is 7.98. The van der Waals surface area contributed by atoms with E-state index in [9.17, 15) is 13.2 Å². The minimum atomic E-state index is -3.83. The average molecular weight is 433 g/mol. The number of fused-ring (bicyclic) bond motifs is 4. The number of rotatable bonds is 3. The van der Waals surface area contributed by atoms with Gasteiger partial charge in [-0.25, -0.2) is 8.42 Å². The van der Waals surface area contributed by atoms with Crippen LogP contribution in [0.1, 0.15) is 35.6 Å². The molecule has 6 heteroatoms. The molecule has 158 valence electrons. The van der Waals surface area contributed by atoms with Gasteiger partial charge in [0.15, 0.2) is 0 Å². The van der Waals surface area contributed by atoms with Crippen LogP contribution in [-0.4, -0.2) is 20.9 Å². The molecule has 31 heavy (non-hydrogen) atoms. The van der Waals surface area contributed by atoms with Crippen molar-refractivity contribution in [3.8, 4) is 11.1 Å². The van der Waals surface area contributed by atoms with Gasteiger partial charge in [0.05, 0.1) is 16.6 Å². The Kier molecular flexibility index (Phi) is 4.82. The van der Waals surface area contributed by atoms with Crippen LogP contribution in [0, 0.1) is 6.92 Å². The van der Waals surface area contributed by atoms with Gasteiger partial charge in [-0.3, -0.25) is 9.10 Å². The maximum atomic E-state index is 13.4. The molecule has 1 amide bonds. The summed E-state index contributed by atoms with van der Waals surface area (Å²) in [4.78, 5) is 13.3. The topological polar surface area (TPSA) is 66.5 Å². The van der Waals surface area contributed by atoms with Crippen LogP contribution in [0.2, 0.25) is 0 Å². The highest BCUT2D eigenvalue weighted by molar-refractivity contribution is 7.93. The van der Waals surface area contributed by atoms with E-state index < -0.39 is 10.0 Å². The van der Waals surface area contributed by atoms with Crippen LogP contribution >= 0.6 is 0 Å². The predicted molar refractivity (Wildman–Crippen MR) is 121 cm³/mol. The van der Waals surface area contributed by atoms with Crippen molar-refractivity contribution >= 4 is 21.6 Å². The number of nitrogens with zero attached hydrogens (tertiary/aromatic N) is 1. The molecule has 0 saturated heterocycles. The Hall–Kier alpha value is -3.12. The molecular weight excluding hydrogens is 408 g/mol. The van der Waals surface area contributed by atoms with Gasteiger partial charge in [-0.15, -0.1) is 0 Å². The molecule has 0 aromatic heterocycles. The number of carbonyl (C=O) groups is 1. The van der Waals surface area contributed by atoms with Crippen LogP contribution in [0.25, 0.3) is 11.1 Å². The lowest BCUT2D eigenvalue weighted by Gasteiger charge is -2.33. The van der Waals surface area contributed by atoms with E-state index in [1.54, 1.807) is 18.2 Å². The van der Waals surface area contributed by atoms with E-state index in [0.29, 0.717) is 11.3 Å². The smallest absolute Gasteiger partial charge is 0.265 e. The van der Waals surface area contributed by atoms with Crippen molar-refractivity contribution in [1.82, 2.24) is 5.32 Å². The maximum absolute atomic E-state index is 13.4. The summed E-state index contributed by atoms with van der Waals surface area (Å²) >= 11 is 0. The molecule has 0 spiro atoms. The lowest BCUT2D eigenvalue weighted by atomic mass is 9.88. The summed E-state index contributed by atoms with van der Waals surface area (Å²) in [5, 5.41) is 3.08. The lowest BCUT2D eigenvalue weighted by molar-refractivity contribution is -0.120. The first-order valence-corrected chi connectivity index (χ1v) is 12.0. The van der Waals surface area contributed by atoms with Crippen LogP contribution in [0.15, 0.2) is 71.6 Å². The zero-order chi connectivity index (χ0) is 21.6. The van der Waals surface area contributed by atoms with E-state index in [2.05, 4.69) is 11.4 Å². The Balaban J connectivity index is 1.48. The Morgan fingerprint density at radius 1 is 1.03 bits per heavy atom. The van der Waals surface area contributed by atoms with Crippen molar-refractivity contribution in [2.24, 2.45) is 0 Å². The second-order valence-corrected chi connectivity index (χ2v) is 10.1. The molecule has 3 aromatic rings. The summed E-state index contributed by atoms with van der Waals surface area (Å²) in [6.07, 6.45) is 2.86. The highest BCUT2D eigenvalue weighted by atomic mass is 32.2. The molecule has 0 radical (unpaired) electrons. The van der Waals surface area contributed by atoms with Gasteiger partial charge in [0, 0.05) is 11.1 Å².